The van der Waals surface area contributed by atoms with Crippen molar-refractivity contribution < 1.29 is 14.3 Å². The fourth-order valence-electron chi connectivity index (χ4n) is 1.96. The molecule has 2 aromatic rings. The number of ether oxygens (including phenoxy) is 2. The first kappa shape index (κ1) is 12.2. The Morgan fingerprint density at radius 3 is 3.10 bits per heavy atom. The summed E-state index contributed by atoms with van der Waals surface area (Å²) in [5.41, 5.74) is 1.80. The Hall–Kier alpha value is -2.87. The minimum atomic E-state index is -0.0145. The van der Waals surface area contributed by atoms with Crippen molar-refractivity contribution in [2.45, 2.75) is 6.61 Å². The lowest BCUT2D eigenvalue weighted by Gasteiger charge is -2.07. The molecule has 0 saturated carbocycles. The van der Waals surface area contributed by atoms with E-state index in [-0.39, 0.29) is 12.4 Å². The molecule has 1 aliphatic rings. The Balaban J connectivity index is 1.73. The average Bonchev–Trinajstić information content (AvgIpc) is 2.86. The summed E-state index contributed by atoms with van der Waals surface area (Å²) in [4.78, 5) is 15.3. The molecule has 1 aromatic heterocycles. The van der Waals surface area contributed by atoms with E-state index in [1.807, 2.05) is 6.07 Å². The van der Waals surface area contributed by atoms with E-state index in [1.54, 1.807) is 36.5 Å². The summed E-state index contributed by atoms with van der Waals surface area (Å²) in [5, 5.41) is 8.78. The van der Waals surface area contributed by atoms with Crippen molar-refractivity contribution in [1.29, 1.82) is 5.26 Å². The van der Waals surface area contributed by atoms with Gasteiger partial charge in [-0.15, -0.1) is 0 Å². The second-order valence-electron chi connectivity index (χ2n) is 4.32. The van der Waals surface area contributed by atoms with E-state index < -0.39 is 0 Å². The zero-order valence-electron chi connectivity index (χ0n) is 10.5. The zero-order chi connectivity index (χ0) is 13.9. The number of hydrogen-bond acceptors (Lipinski definition) is 5. The van der Waals surface area contributed by atoms with Gasteiger partial charge >= 0.3 is 0 Å². The molecule has 0 N–H and O–H groups in total. The largest absolute Gasteiger partial charge is 0.489 e. The summed E-state index contributed by atoms with van der Waals surface area (Å²) in [7, 11) is 0. The topological polar surface area (TPSA) is 72.2 Å². The number of carbonyl (C=O) groups is 1. The van der Waals surface area contributed by atoms with Crippen LogP contribution in [0.2, 0.25) is 0 Å². The van der Waals surface area contributed by atoms with Crippen LogP contribution in [-0.2, 0) is 6.61 Å². The molecule has 1 aromatic carbocycles. The SMILES string of the molecule is N#Cc1cc(COc2ccc3c(c2)OCC3=O)ccn1. The maximum absolute atomic E-state index is 11.4. The molecule has 98 valence electrons. The molecule has 0 aliphatic carbocycles. The first-order valence-electron chi connectivity index (χ1n) is 6.04. The number of nitrogens with zero attached hydrogens (tertiary/aromatic N) is 2. The number of benzene rings is 1. The monoisotopic (exact) mass is 266 g/mol. The molecule has 2 heterocycles. The van der Waals surface area contributed by atoms with Crippen LogP contribution >= 0.6 is 0 Å². The quantitative estimate of drug-likeness (QED) is 0.850. The van der Waals surface area contributed by atoms with Crippen LogP contribution in [0.5, 0.6) is 11.5 Å². The first-order valence-corrected chi connectivity index (χ1v) is 6.04. The molecule has 0 saturated heterocycles. The van der Waals surface area contributed by atoms with Crippen molar-refractivity contribution in [1.82, 2.24) is 4.98 Å². The summed E-state index contributed by atoms with van der Waals surface area (Å²) < 4.78 is 10.9. The van der Waals surface area contributed by atoms with Crippen molar-refractivity contribution in [2.75, 3.05) is 6.61 Å². The van der Waals surface area contributed by atoms with Gasteiger partial charge in [0, 0.05) is 12.3 Å². The number of nitriles is 1. The van der Waals surface area contributed by atoms with Gasteiger partial charge < -0.3 is 9.47 Å². The summed E-state index contributed by atoms with van der Waals surface area (Å²) >= 11 is 0. The third kappa shape index (κ3) is 2.31. The smallest absolute Gasteiger partial charge is 0.203 e. The van der Waals surface area contributed by atoms with E-state index in [1.165, 1.54) is 0 Å². The summed E-state index contributed by atoms with van der Waals surface area (Å²) in [5.74, 6) is 1.16. The average molecular weight is 266 g/mol. The molecule has 5 nitrogen and oxygen atoms in total. The summed E-state index contributed by atoms with van der Waals surface area (Å²) in [6, 6.07) is 10.6. The van der Waals surface area contributed by atoms with E-state index in [0.29, 0.717) is 29.4 Å². The van der Waals surface area contributed by atoms with E-state index >= 15 is 0 Å². The first-order chi connectivity index (χ1) is 9.76. The second kappa shape index (κ2) is 5.02. The maximum Gasteiger partial charge on any atom is 0.203 e. The fraction of sp³-hybridized carbons (Fsp3) is 0.133. The van der Waals surface area contributed by atoms with E-state index in [2.05, 4.69) is 4.98 Å². The standard InChI is InChI=1S/C15H10N2O3/c16-7-11-5-10(3-4-17-11)8-19-12-1-2-13-14(18)9-20-15(13)6-12/h1-6H,8-9H2. The highest BCUT2D eigenvalue weighted by Crippen LogP contribution is 2.29. The highest BCUT2D eigenvalue weighted by Gasteiger charge is 2.21. The molecule has 20 heavy (non-hydrogen) atoms. The van der Waals surface area contributed by atoms with Crippen LogP contribution in [0.25, 0.3) is 0 Å². The van der Waals surface area contributed by atoms with Crippen molar-refractivity contribution >= 4 is 5.78 Å². The molecule has 1 aliphatic heterocycles. The predicted molar refractivity (Wildman–Crippen MR) is 69.6 cm³/mol. The summed E-state index contributed by atoms with van der Waals surface area (Å²) in [6.45, 7) is 0.415. The number of aromatic nitrogens is 1. The van der Waals surface area contributed by atoms with Gasteiger partial charge in [0.2, 0.25) is 5.78 Å². The van der Waals surface area contributed by atoms with Gasteiger partial charge in [0.1, 0.15) is 29.9 Å². The predicted octanol–water partition coefficient (Wildman–Crippen LogP) is 2.11. The third-order valence-electron chi connectivity index (χ3n) is 2.96. The Kier molecular flexibility index (Phi) is 3.05. The number of hydrogen-bond donors (Lipinski definition) is 0. The Morgan fingerprint density at radius 2 is 2.25 bits per heavy atom. The van der Waals surface area contributed by atoms with Crippen LogP contribution in [-0.4, -0.2) is 17.4 Å². The van der Waals surface area contributed by atoms with Gasteiger partial charge in [0.05, 0.1) is 5.56 Å². The zero-order valence-corrected chi connectivity index (χ0v) is 10.5. The number of pyridine rings is 1. The van der Waals surface area contributed by atoms with Gasteiger partial charge in [-0.25, -0.2) is 4.98 Å². The molecule has 3 rings (SSSR count). The van der Waals surface area contributed by atoms with Crippen LogP contribution in [0, 0.1) is 11.3 Å². The van der Waals surface area contributed by atoms with E-state index in [9.17, 15) is 4.79 Å². The highest BCUT2D eigenvalue weighted by molar-refractivity contribution is 6.02. The molecule has 0 atom stereocenters. The van der Waals surface area contributed by atoms with Gasteiger partial charge in [0.15, 0.2) is 6.61 Å². The number of rotatable bonds is 3. The normalized spacial score (nSPS) is 12.4. The van der Waals surface area contributed by atoms with E-state index in [0.717, 1.165) is 5.56 Å². The van der Waals surface area contributed by atoms with Crippen molar-refractivity contribution in [3.63, 3.8) is 0 Å². The van der Waals surface area contributed by atoms with Gasteiger partial charge in [-0.05, 0) is 29.8 Å². The van der Waals surface area contributed by atoms with Gasteiger partial charge in [-0.3, -0.25) is 4.79 Å². The Bertz CT molecular complexity index is 719. The molecule has 0 unspecified atom stereocenters. The van der Waals surface area contributed by atoms with Crippen molar-refractivity contribution in [3.8, 4) is 17.6 Å². The molecule has 5 heteroatoms. The minimum absolute atomic E-state index is 0.0145. The highest BCUT2D eigenvalue weighted by atomic mass is 16.5. The maximum atomic E-state index is 11.4. The third-order valence-corrected chi connectivity index (χ3v) is 2.96. The number of Topliss-reactive ketones (excluding diaryl/α,β-unsaturated/α-hetero) is 1. The fourth-order valence-corrected chi connectivity index (χ4v) is 1.96. The molecule has 0 amide bonds. The number of carbonyl (C=O) groups excluding carboxylic acids is 1. The van der Waals surface area contributed by atoms with Crippen LogP contribution in [0.4, 0.5) is 0 Å². The molecule has 0 spiro atoms. The number of fused-ring (bicyclic) bond motifs is 1. The van der Waals surface area contributed by atoms with Crippen molar-refractivity contribution in [2.24, 2.45) is 0 Å². The van der Waals surface area contributed by atoms with E-state index in [4.69, 9.17) is 14.7 Å². The van der Waals surface area contributed by atoms with Crippen LogP contribution in [0.15, 0.2) is 36.5 Å². The van der Waals surface area contributed by atoms with Gasteiger partial charge in [0.25, 0.3) is 0 Å². The molecule has 0 fully saturated rings. The molecular weight excluding hydrogens is 256 g/mol. The number of ketones is 1. The van der Waals surface area contributed by atoms with Crippen LogP contribution in [0.3, 0.4) is 0 Å². The van der Waals surface area contributed by atoms with Crippen LogP contribution < -0.4 is 9.47 Å². The summed E-state index contributed by atoms with van der Waals surface area (Å²) in [6.07, 6.45) is 1.57. The molecule has 0 radical (unpaired) electrons. The van der Waals surface area contributed by atoms with Gasteiger partial charge in [-0.1, -0.05) is 0 Å². The molecule has 0 bridgehead atoms. The second-order valence-corrected chi connectivity index (χ2v) is 4.32. The lowest BCUT2D eigenvalue weighted by atomic mass is 10.1. The van der Waals surface area contributed by atoms with Gasteiger partial charge in [-0.2, -0.15) is 5.26 Å². The van der Waals surface area contributed by atoms with Crippen molar-refractivity contribution in [3.05, 3.63) is 53.3 Å². The minimum Gasteiger partial charge on any atom is -0.489 e. The van der Waals surface area contributed by atoms with Crippen LogP contribution in [0.1, 0.15) is 21.6 Å². The lowest BCUT2D eigenvalue weighted by molar-refractivity contribution is 0.0961. The Morgan fingerprint density at radius 1 is 1.35 bits per heavy atom. The lowest BCUT2D eigenvalue weighted by Crippen LogP contribution is -1.98. The molecular formula is C15H10N2O3. The Labute approximate surface area is 115 Å².